The number of rotatable bonds is 5. The van der Waals surface area contributed by atoms with Crippen LogP contribution in [-0.2, 0) is 20.9 Å². The van der Waals surface area contributed by atoms with E-state index >= 15 is 0 Å². The van der Waals surface area contributed by atoms with E-state index in [1.54, 1.807) is 13.8 Å². The molecule has 1 aromatic rings. The van der Waals surface area contributed by atoms with Gasteiger partial charge in [-0.3, -0.25) is 9.69 Å². The van der Waals surface area contributed by atoms with Crippen molar-refractivity contribution < 1.29 is 24.2 Å². The van der Waals surface area contributed by atoms with E-state index in [0.29, 0.717) is 13.0 Å². The third kappa shape index (κ3) is 3.98. The summed E-state index contributed by atoms with van der Waals surface area (Å²) >= 11 is 0. The molecule has 0 aliphatic carbocycles. The highest BCUT2D eigenvalue weighted by molar-refractivity contribution is 5.70. The molecule has 22 heavy (non-hydrogen) atoms. The molecule has 120 valence electrons. The molecule has 0 spiro atoms. The van der Waals surface area contributed by atoms with Gasteiger partial charge in [0, 0.05) is 6.42 Å². The van der Waals surface area contributed by atoms with Gasteiger partial charge in [-0.05, 0) is 25.8 Å². The molecule has 1 aliphatic rings. The van der Waals surface area contributed by atoms with Crippen molar-refractivity contribution in [1.29, 1.82) is 0 Å². The molecule has 1 N–H and O–H groups in total. The molecule has 1 aliphatic heterocycles. The van der Waals surface area contributed by atoms with Crippen molar-refractivity contribution in [2.45, 2.75) is 45.1 Å². The Balaban J connectivity index is 1.98. The number of aliphatic carboxylic acids is 1. The van der Waals surface area contributed by atoms with Gasteiger partial charge >= 0.3 is 12.1 Å². The first-order chi connectivity index (χ1) is 10.4. The van der Waals surface area contributed by atoms with Crippen molar-refractivity contribution in [3.63, 3.8) is 0 Å². The lowest BCUT2D eigenvalue weighted by molar-refractivity contribution is -0.137. The highest BCUT2D eigenvalue weighted by atomic mass is 16.6. The SMILES string of the molecule is CC1(C)OC[C@@H](CCC(=O)O)N1C(=O)OCc1ccccc1. The van der Waals surface area contributed by atoms with Crippen LogP contribution in [0.5, 0.6) is 0 Å². The van der Waals surface area contributed by atoms with Gasteiger partial charge in [0.05, 0.1) is 12.6 Å². The maximum atomic E-state index is 12.4. The van der Waals surface area contributed by atoms with Gasteiger partial charge in [-0.1, -0.05) is 30.3 Å². The predicted molar refractivity (Wildman–Crippen MR) is 79.2 cm³/mol. The van der Waals surface area contributed by atoms with E-state index in [4.69, 9.17) is 14.6 Å². The highest BCUT2D eigenvalue weighted by Gasteiger charge is 2.44. The number of nitrogens with zero attached hydrogens (tertiary/aromatic N) is 1. The van der Waals surface area contributed by atoms with Gasteiger partial charge in [0.25, 0.3) is 0 Å². The van der Waals surface area contributed by atoms with Gasteiger partial charge in [-0.2, -0.15) is 0 Å². The third-order valence-electron chi connectivity index (χ3n) is 3.67. The number of benzene rings is 1. The van der Waals surface area contributed by atoms with Gasteiger partial charge in [0.1, 0.15) is 12.3 Å². The lowest BCUT2D eigenvalue weighted by atomic mass is 10.1. The van der Waals surface area contributed by atoms with Crippen molar-refractivity contribution >= 4 is 12.1 Å². The monoisotopic (exact) mass is 307 g/mol. The molecule has 1 aromatic carbocycles. The summed E-state index contributed by atoms with van der Waals surface area (Å²) in [5.41, 5.74) is 0.104. The van der Waals surface area contributed by atoms with Crippen molar-refractivity contribution in [2.24, 2.45) is 0 Å². The molecule has 6 heteroatoms. The van der Waals surface area contributed by atoms with Crippen LogP contribution < -0.4 is 0 Å². The fourth-order valence-electron chi connectivity index (χ4n) is 2.54. The lowest BCUT2D eigenvalue weighted by Gasteiger charge is -2.32. The Kier molecular flexibility index (Phi) is 5.03. The number of hydrogen-bond donors (Lipinski definition) is 1. The van der Waals surface area contributed by atoms with Gasteiger partial charge in [-0.25, -0.2) is 4.79 Å². The zero-order chi connectivity index (χ0) is 16.2. The Morgan fingerprint density at radius 1 is 1.36 bits per heavy atom. The minimum absolute atomic E-state index is 0.00737. The average Bonchev–Trinajstić information content (AvgIpc) is 2.78. The van der Waals surface area contributed by atoms with Crippen LogP contribution in [0, 0.1) is 0 Å². The molecule has 1 fully saturated rings. The van der Waals surface area contributed by atoms with E-state index in [1.165, 1.54) is 4.90 Å². The molecule has 0 radical (unpaired) electrons. The first-order valence-electron chi connectivity index (χ1n) is 7.26. The van der Waals surface area contributed by atoms with Crippen LogP contribution in [0.15, 0.2) is 30.3 Å². The van der Waals surface area contributed by atoms with Crippen LogP contribution in [-0.4, -0.2) is 40.4 Å². The molecule has 6 nitrogen and oxygen atoms in total. The van der Waals surface area contributed by atoms with Crippen LogP contribution in [0.25, 0.3) is 0 Å². The van der Waals surface area contributed by atoms with Gasteiger partial charge < -0.3 is 14.6 Å². The fraction of sp³-hybridized carbons (Fsp3) is 0.500. The maximum Gasteiger partial charge on any atom is 0.412 e. The minimum atomic E-state index is -0.887. The van der Waals surface area contributed by atoms with Crippen molar-refractivity contribution in [3.8, 4) is 0 Å². The van der Waals surface area contributed by atoms with E-state index in [-0.39, 0.29) is 19.1 Å². The van der Waals surface area contributed by atoms with Crippen molar-refractivity contribution in [2.75, 3.05) is 6.61 Å². The molecular formula is C16H21NO5. The zero-order valence-electron chi connectivity index (χ0n) is 12.8. The first-order valence-corrected chi connectivity index (χ1v) is 7.26. The zero-order valence-corrected chi connectivity index (χ0v) is 12.8. The standard InChI is InChI=1S/C16H21NO5/c1-16(2)17(13(11-22-16)8-9-14(18)19)15(20)21-10-12-6-4-3-5-7-12/h3-7,13H,8-11H2,1-2H3,(H,18,19)/t13-/m1/s1. The summed E-state index contributed by atoms with van der Waals surface area (Å²) in [7, 11) is 0. The Morgan fingerprint density at radius 3 is 2.68 bits per heavy atom. The number of carboxylic acid groups (broad SMARTS) is 1. The largest absolute Gasteiger partial charge is 0.481 e. The summed E-state index contributed by atoms with van der Waals surface area (Å²) in [6, 6.07) is 9.12. The topological polar surface area (TPSA) is 76.1 Å². The van der Waals surface area contributed by atoms with Crippen molar-refractivity contribution in [1.82, 2.24) is 4.90 Å². The quantitative estimate of drug-likeness (QED) is 0.905. The molecule has 0 bridgehead atoms. The number of amides is 1. The number of ether oxygens (including phenoxy) is 2. The first kappa shape index (κ1) is 16.3. The molecule has 0 saturated carbocycles. The van der Waals surface area contributed by atoms with Crippen LogP contribution in [0.3, 0.4) is 0 Å². The molecule has 0 unspecified atom stereocenters. The molecule has 1 heterocycles. The minimum Gasteiger partial charge on any atom is -0.481 e. The Bertz CT molecular complexity index is 529. The molecular weight excluding hydrogens is 286 g/mol. The van der Waals surface area contributed by atoms with Crippen molar-refractivity contribution in [3.05, 3.63) is 35.9 Å². The lowest BCUT2D eigenvalue weighted by Crippen LogP contribution is -2.48. The number of carbonyl (C=O) groups excluding carboxylic acids is 1. The van der Waals surface area contributed by atoms with Gasteiger partial charge in [0.15, 0.2) is 0 Å². The normalized spacial score (nSPS) is 19.9. The second kappa shape index (κ2) is 6.79. The Morgan fingerprint density at radius 2 is 2.05 bits per heavy atom. The Hall–Kier alpha value is -2.08. The summed E-state index contributed by atoms with van der Waals surface area (Å²) in [4.78, 5) is 24.6. The number of hydrogen-bond acceptors (Lipinski definition) is 4. The van der Waals surface area contributed by atoms with E-state index in [1.807, 2.05) is 30.3 Å². The van der Waals surface area contributed by atoms with Crippen LogP contribution in [0.1, 0.15) is 32.3 Å². The van der Waals surface area contributed by atoms with E-state index in [0.717, 1.165) is 5.56 Å². The van der Waals surface area contributed by atoms with Gasteiger partial charge in [-0.15, -0.1) is 0 Å². The van der Waals surface area contributed by atoms with Crippen LogP contribution >= 0.6 is 0 Å². The highest BCUT2D eigenvalue weighted by Crippen LogP contribution is 2.30. The van der Waals surface area contributed by atoms with Crippen LogP contribution in [0.4, 0.5) is 4.79 Å². The number of carbonyl (C=O) groups is 2. The Labute approximate surface area is 129 Å². The summed E-state index contributed by atoms with van der Waals surface area (Å²) in [6.07, 6.45) is -0.145. The smallest absolute Gasteiger partial charge is 0.412 e. The van der Waals surface area contributed by atoms with E-state index < -0.39 is 17.8 Å². The molecule has 0 aromatic heterocycles. The second-order valence-corrected chi connectivity index (χ2v) is 5.75. The van der Waals surface area contributed by atoms with Crippen LogP contribution in [0.2, 0.25) is 0 Å². The summed E-state index contributed by atoms with van der Waals surface area (Å²) < 4.78 is 10.9. The fourth-order valence-corrected chi connectivity index (χ4v) is 2.54. The third-order valence-corrected chi connectivity index (χ3v) is 3.67. The molecule has 1 atom stereocenters. The van der Waals surface area contributed by atoms with E-state index in [2.05, 4.69) is 0 Å². The summed E-state index contributed by atoms with van der Waals surface area (Å²) in [5, 5.41) is 8.81. The molecule has 1 saturated heterocycles. The molecule has 1 amide bonds. The van der Waals surface area contributed by atoms with Gasteiger partial charge in [0.2, 0.25) is 0 Å². The summed E-state index contributed by atoms with van der Waals surface area (Å²) in [5.74, 6) is -0.887. The molecule has 2 rings (SSSR count). The average molecular weight is 307 g/mol. The summed E-state index contributed by atoms with van der Waals surface area (Å²) in [6.45, 7) is 4.05. The maximum absolute atomic E-state index is 12.4. The second-order valence-electron chi connectivity index (χ2n) is 5.75. The number of carboxylic acids is 1. The van der Waals surface area contributed by atoms with E-state index in [9.17, 15) is 9.59 Å². The predicted octanol–water partition coefficient (Wildman–Crippen LogP) is 2.62.